The lowest BCUT2D eigenvalue weighted by atomic mass is 9.86. The molecule has 1 aliphatic carbocycles. The third-order valence-electron chi connectivity index (χ3n) is 6.39. The van der Waals surface area contributed by atoms with Gasteiger partial charge in [-0.05, 0) is 44.2 Å². The van der Waals surface area contributed by atoms with Crippen molar-refractivity contribution in [2.24, 2.45) is 5.92 Å². The van der Waals surface area contributed by atoms with Gasteiger partial charge in [0.1, 0.15) is 0 Å². The number of nitrogens with zero attached hydrogens (tertiary/aromatic N) is 2. The molecule has 1 N–H and O–H groups in total. The van der Waals surface area contributed by atoms with Crippen LogP contribution >= 0.6 is 0 Å². The minimum absolute atomic E-state index is 0.0453. The highest BCUT2D eigenvalue weighted by atomic mass is 16.3. The monoisotopic (exact) mass is 372 g/mol. The molecule has 1 aromatic carbocycles. The van der Waals surface area contributed by atoms with Gasteiger partial charge in [-0.3, -0.25) is 4.79 Å². The summed E-state index contributed by atoms with van der Waals surface area (Å²) in [6, 6.07) is 10.4. The summed E-state index contributed by atoms with van der Waals surface area (Å²) < 4.78 is 0. The highest BCUT2D eigenvalue weighted by Gasteiger charge is 2.42. The van der Waals surface area contributed by atoms with Crippen molar-refractivity contribution in [3.8, 4) is 0 Å². The summed E-state index contributed by atoms with van der Waals surface area (Å²) in [6.07, 6.45) is 10.2. The summed E-state index contributed by atoms with van der Waals surface area (Å²) >= 11 is 0. The molecular weight excluding hydrogens is 336 g/mol. The normalized spacial score (nSPS) is 24.6. The third-order valence-corrected chi connectivity index (χ3v) is 6.39. The number of likely N-dealkylation sites (tertiary alicyclic amines) is 1. The Morgan fingerprint density at radius 1 is 1.15 bits per heavy atom. The van der Waals surface area contributed by atoms with E-state index < -0.39 is 5.60 Å². The lowest BCUT2D eigenvalue weighted by Crippen LogP contribution is -2.58. The number of likely N-dealkylation sites (N-methyl/N-ethyl adjacent to an activating group) is 1. The van der Waals surface area contributed by atoms with Gasteiger partial charge >= 0.3 is 0 Å². The van der Waals surface area contributed by atoms with E-state index in [4.69, 9.17) is 0 Å². The van der Waals surface area contributed by atoms with Gasteiger partial charge in [0.05, 0.1) is 0 Å². The number of amides is 1. The fraction of sp³-hybridized carbons (Fsp3) is 0.696. The number of hydrogen-bond donors (Lipinski definition) is 1. The molecule has 0 unspecified atom stereocenters. The molecule has 3 rings (SSSR count). The molecule has 0 aromatic heterocycles. The first-order chi connectivity index (χ1) is 13.1. The molecule has 0 spiro atoms. The minimum Gasteiger partial charge on any atom is -0.379 e. The first-order valence-corrected chi connectivity index (χ1v) is 10.8. The Bertz CT molecular complexity index is 585. The molecule has 1 aromatic rings. The van der Waals surface area contributed by atoms with E-state index in [-0.39, 0.29) is 5.91 Å². The maximum atomic E-state index is 13.0. The van der Waals surface area contributed by atoms with Crippen molar-refractivity contribution >= 4 is 5.91 Å². The van der Waals surface area contributed by atoms with E-state index in [0.29, 0.717) is 13.0 Å². The SMILES string of the molecule is CN(CCc1ccccc1)C[C@]1(O)CCCN(CCC2CCCCC2)C1=O. The smallest absolute Gasteiger partial charge is 0.255 e. The Labute approximate surface area is 164 Å². The van der Waals surface area contributed by atoms with E-state index in [9.17, 15) is 9.90 Å². The molecule has 4 nitrogen and oxygen atoms in total. The second kappa shape index (κ2) is 9.70. The van der Waals surface area contributed by atoms with Crippen molar-refractivity contribution in [3.63, 3.8) is 0 Å². The average molecular weight is 373 g/mol. The second-order valence-electron chi connectivity index (χ2n) is 8.69. The number of carbonyl (C=O) groups is 1. The fourth-order valence-electron chi connectivity index (χ4n) is 4.73. The van der Waals surface area contributed by atoms with Crippen molar-refractivity contribution in [1.82, 2.24) is 9.80 Å². The van der Waals surface area contributed by atoms with E-state index in [1.165, 1.54) is 37.7 Å². The molecule has 27 heavy (non-hydrogen) atoms. The largest absolute Gasteiger partial charge is 0.379 e. The predicted octanol–water partition coefficient (Wildman–Crippen LogP) is 3.48. The molecule has 1 saturated carbocycles. The summed E-state index contributed by atoms with van der Waals surface area (Å²) in [5, 5.41) is 11.1. The number of carbonyl (C=O) groups excluding carboxylic acids is 1. The first kappa shape index (κ1) is 20.3. The molecule has 2 fully saturated rings. The number of piperidine rings is 1. The average Bonchev–Trinajstić information content (AvgIpc) is 2.69. The highest BCUT2D eigenvalue weighted by molar-refractivity contribution is 5.86. The fourth-order valence-corrected chi connectivity index (χ4v) is 4.73. The van der Waals surface area contributed by atoms with Crippen LogP contribution in [-0.2, 0) is 11.2 Å². The van der Waals surface area contributed by atoms with E-state index in [1.807, 2.05) is 18.0 Å². The summed E-state index contributed by atoms with van der Waals surface area (Å²) in [4.78, 5) is 17.0. The van der Waals surface area contributed by atoms with Gasteiger partial charge in [0.2, 0.25) is 0 Å². The Morgan fingerprint density at radius 3 is 2.63 bits per heavy atom. The van der Waals surface area contributed by atoms with E-state index >= 15 is 0 Å². The highest BCUT2D eigenvalue weighted by Crippen LogP contribution is 2.28. The molecule has 0 bridgehead atoms. The molecule has 1 amide bonds. The number of rotatable bonds is 8. The van der Waals surface area contributed by atoms with Crippen LogP contribution in [0.25, 0.3) is 0 Å². The van der Waals surface area contributed by atoms with Gasteiger partial charge in [0, 0.05) is 26.2 Å². The Balaban J connectivity index is 1.48. The number of hydrogen-bond acceptors (Lipinski definition) is 3. The van der Waals surface area contributed by atoms with Crippen molar-refractivity contribution < 1.29 is 9.90 Å². The minimum atomic E-state index is -1.21. The van der Waals surface area contributed by atoms with Crippen molar-refractivity contribution in [2.45, 2.75) is 63.4 Å². The zero-order valence-electron chi connectivity index (χ0n) is 16.9. The van der Waals surface area contributed by atoms with Crippen LogP contribution in [0.3, 0.4) is 0 Å². The van der Waals surface area contributed by atoms with E-state index in [0.717, 1.165) is 44.8 Å². The second-order valence-corrected chi connectivity index (χ2v) is 8.69. The molecule has 0 radical (unpaired) electrons. The van der Waals surface area contributed by atoms with Crippen LogP contribution in [0.5, 0.6) is 0 Å². The molecule has 1 saturated heterocycles. The summed E-state index contributed by atoms with van der Waals surface area (Å²) in [5.74, 6) is 0.728. The van der Waals surface area contributed by atoms with Crippen LogP contribution in [0, 0.1) is 5.92 Å². The van der Waals surface area contributed by atoms with Gasteiger partial charge in [-0.2, -0.15) is 0 Å². The van der Waals surface area contributed by atoms with Gasteiger partial charge in [-0.1, -0.05) is 62.4 Å². The Hall–Kier alpha value is -1.39. The maximum absolute atomic E-state index is 13.0. The predicted molar refractivity (Wildman–Crippen MR) is 110 cm³/mol. The number of benzene rings is 1. The standard InChI is InChI=1S/C23H36N2O2/c1-24(17-13-20-9-4-2-5-10-20)19-23(27)15-8-16-25(22(23)26)18-14-21-11-6-3-7-12-21/h2,4-5,9-10,21,27H,3,6-8,11-19H2,1H3/t23-/m1/s1. The van der Waals surface area contributed by atoms with Crippen LogP contribution in [0.2, 0.25) is 0 Å². The third kappa shape index (κ3) is 5.79. The lowest BCUT2D eigenvalue weighted by molar-refractivity contribution is -0.159. The Kier molecular flexibility index (Phi) is 7.31. The van der Waals surface area contributed by atoms with Crippen LogP contribution in [0.15, 0.2) is 30.3 Å². The van der Waals surface area contributed by atoms with Crippen molar-refractivity contribution in [3.05, 3.63) is 35.9 Å². The number of aliphatic hydroxyl groups is 1. The zero-order chi connectivity index (χ0) is 19.1. The van der Waals surface area contributed by atoms with Gasteiger partial charge in [0.15, 0.2) is 5.60 Å². The molecule has 4 heteroatoms. The van der Waals surface area contributed by atoms with Crippen LogP contribution < -0.4 is 0 Å². The molecule has 1 atom stereocenters. The van der Waals surface area contributed by atoms with E-state index in [2.05, 4.69) is 29.2 Å². The molecule has 1 heterocycles. The summed E-state index contributed by atoms with van der Waals surface area (Å²) in [5.41, 5.74) is 0.0800. The van der Waals surface area contributed by atoms with Crippen LogP contribution in [0.4, 0.5) is 0 Å². The quantitative estimate of drug-likeness (QED) is 0.760. The van der Waals surface area contributed by atoms with Gasteiger partial charge in [-0.25, -0.2) is 0 Å². The van der Waals surface area contributed by atoms with Crippen molar-refractivity contribution in [1.29, 1.82) is 0 Å². The maximum Gasteiger partial charge on any atom is 0.255 e. The first-order valence-electron chi connectivity index (χ1n) is 10.8. The topological polar surface area (TPSA) is 43.8 Å². The molecule has 150 valence electrons. The molecular formula is C23H36N2O2. The van der Waals surface area contributed by atoms with Gasteiger partial charge < -0.3 is 14.9 Å². The summed E-state index contributed by atoms with van der Waals surface area (Å²) in [6.45, 7) is 2.90. The summed E-state index contributed by atoms with van der Waals surface area (Å²) in [7, 11) is 2.01. The van der Waals surface area contributed by atoms with Gasteiger partial charge in [-0.15, -0.1) is 0 Å². The Morgan fingerprint density at radius 2 is 1.89 bits per heavy atom. The van der Waals surface area contributed by atoms with E-state index in [1.54, 1.807) is 0 Å². The lowest BCUT2D eigenvalue weighted by Gasteiger charge is -2.40. The molecule has 2 aliphatic rings. The van der Waals surface area contributed by atoms with Crippen LogP contribution in [-0.4, -0.2) is 59.6 Å². The van der Waals surface area contributed by atoms with Crippen molar-refractivity contribution in [2.75, 3.05) is 33.2 Å². The van der Waals surface area contributed by atoms with Gasteiger partial charge in [0.25, 0.3) is 5.91 Å². The molecule has 1 aliphatic heterocycles. The van der Waals surface area contributed by atoms with Crippen LogP contribution in [0.1, 0.15) is 56.9 Å². The zero-order valence-corrected chi connectivity index (χ0v) is 16.9.